The van der Waals surface area contributed by atoms with E-state index in [4.69, 9.17) is 10.5 Å². The number of hydrogen-bond acceptors (Lipinski definition) is 3. The second-order valence-corrected chi connectivity index (χ2v) is 3.99. The minimum atomic E-state index is 0.361. The average Bonchev–Trinajstić information content (AvgIpc) is 2.28. The summed E-state index contributed by atoms with van der Waals surface area (Å²) in [6.45, 7) is 1.78. The molecule has 0 aromatic heterocycles. The molecule has 1 aromatic carbocycles. The molecule has 3 N–H and O–H groups in total. The molecule has 0 aliphatic carbocycles. The van der Waals surface area contributed by atoms with Crippen LogP contribution in [0.1, 0.15) is 19.3 Å². The van der Waals surface area contributed by atoms with Crippen molar-refractivity contribution in [1.29, 1.82) is 0 Å². The molecule has 1 heterocycles. The Bertz CT molecular complexity index is 308. The fraction of sp³-hybridized carbons (Fsp3) is 0.500. The van der Waals surface area contributed by atoms with Gasteiger partial charge in [0.05, 0.1) is 6.10 Å². The van der Waals surface area contributed by atoms with Gasteiger partial charge >= 0.3 is 0 Å². The molecule has 1 aliphatic rings. The first-order valence-corrected chi connectivity index (χ1v) is 5.55. The van der Waals surface area contributed by atoms with Gasteiger partial charge in [-0.05, 0) is 37.5 Å². The van der Waals surface area contributed by atoms with Crippen molar-refractivity contribution >= 4 is 11.4 Å². The SMILES string of the molecule is Nc1cccc(NCC2CCCCO2)c1. The predicted molar refractivity (Wildman–Crippen MR) is 62.9 cm³/mol. The van der Waals surface area contributed by atoms with Crippen LogP contribution in [0.15, 0.2) is 24.3 Å². The second-order valence-electron chi connectivity index (χ2n) is 3.99. The Morgan fingerprint density at radius 1 is 1.40 bits per heavy atom. The van der Waals surface area contributed by atoms with Gasteiger partial charge in [0, 0.05) is 24.5 Å². The van der Waals surface area contributed by atoms with E-state index < -0.39 is 0 Å². The molecule has 1 fully saturated rings. The van der Waals surface area contributed by atoms with Gasteiger partial charge in [0.25, 0.3) is 0 Å². The van der Waals surface area contributed by atoms with E-state index in [0.29, 0.717) is 6.10 Å². The maximum atomic E-state index is 5.70. The van der Waals surface area contributed by atoms with Crippen LogP contribution in [0.2, 0.25) is 0 Å². The van der Waals surface area contributed by atoms with E-state index in [1.54, 1.807) is 0 Å². The molecule has 0 saturated carbocycles. The first-order valence-electron chi connectivity index (χ1n) is 5.55. The van der Waals surface area contributed by atoms with Crippen LogP contribution >= 0.6 is 0 Å². The van der Waals surface area contributed by atoms with Gasteiger partial charge in [-0.1, -0.05) is 6.07 Å². The highest BCUT2D eigenvalue weighted by molar-refractivity contribution is 5.54. The fourth-order valence-corrected chi connectivity index (χ4v) is 1.85. The zero-order valence-electron chi connectivity index (χ0n) is 8.91. The van der Waals surface area contributed by atoms with Gasteiger partial charge in [-0.15, -0.1) is 0 Å². The lowest BCUT2D eigenvalue weighted by atomic mass is 10.1. The van der Waals surface area contributed by atoms with Gasteiger partial charge < -0.3 is 15.8 Å². The lowest BCUT2D eigenvalue weighted by Crippen LogP contribution is -2.26. The smallest absolute Gasteiger partial charge is 0.0747 e. The van der Waals surface area contributed by atoms with Crippen LogP contribution in [0.5, 0.6) is 0 Å². The first kappa shape index (κ1) is 10.3. The number of benzene rings is 1. The Labute approximate surface area is 90.6 Å². The largest absolute Gasteiger partial charge is 0.399 e. The maximum Gasteiger partial charge on any atom is 0.0747 e. The van der Waals surface area contributed by atoms with Crippen molar-refractivity contribution in [3.63, 3.8) is 0 Å². The molecule has 3 nitrogen and oxygen atoms in total. The van der Waals surface area contributed by atoms with Gasteiger partial charge in [0.1, 0.15) is 0 Å². The molecule has 1 saturated heterocycles. The van der Waals surface area contributed by atoms with E-state index in [9.17, 15) is 0 Å². The summed E-state index contributed by atoms with van der Waals surface area (Å²) >= 11 is 0. The third kappa shape index (κ3) is 3.13. The van der Waals surface area contributed by atoms with Gasteiger partial charge in [-0.25, -0.2) is 0 Å². The zero-order valence-corrected chi connectivity index (χ0v) is 8.91. The van der Waals surface area contributed by atoms with E-state index >= 15 is 0 Å². The number of nitrogens with two attached hydrogens (primary N) is 1. The normalized spacial score (nSPS) is 21.2. The van der Waals surface area contributed by atoms with Crippen LogP contribution < -0.4 is 11.1 Å². The highest BCUT2D eigenvalue weighted by atomic mass is 16.5. The number of nitrogen functional groups attached to an aromatic ring is 1. The molecule has 15 heavy (non-hydrogen) atoms. The molecule has 0 spiro atoms. The monoisotopic (exact) mass is 206 g/mol. The summed E-state index contributed by atoms with van der Waals surface area (Å²) in [6.07, 6.45) is 4.01. The third-order valence-corrected chi connectivity index (χ3v) is 2.69. The molecule has 0 radical (unpaired) electrons. The van der Waals surface area contributed by atoms with Crippen molar-refractivity contribution in [2.45, 2.75) is 25.4 Å². The lowest BCUT2D eigenvalue weighted by Gasteiger charge is -2.23. The van der Waals surface area contributed by atoms with Crippen molar-refractivity contribution in [3.05, 3.63) is 24.3 Å². The van der Waals surface area contributed by atoms with Crippen LogP contribution in [0.3, 0.4) is 0 Å². The summed E-state index contributed by atoms with van der Waals surface area (Å²) in [4.78, 5) is 0. The van der Waals surface area contributed by atoms with Crippen molar-refractivity contribution < 1.29 is 4.74 Å². The second kappa shape index (κ2) is 5.03. The molecule has 1 atom stereocenters. The molecule has 82 valence electrons. The van der Waals surface area contributed by atoms with Crippen LogP contribution in [0, 0.1) is 0 Å². The van der Waals surface area contributed by atoms with Crippen LogP contribution in [0.4, 0.5) is 11.4 Å². The van der Waals surface area contributed by atoms with Crippen LogP contribution in [-0.2, 0) is 4.74 Å². The van der Waals surface area contributed by atoms with E-state index in [1.807, 2.05) is 24.3 Å². The van der Waals surface area contributed by atoms with E-state index in [1.165, 1.54) is 12.8 Å². The number of ether oxygens (including phenoxy) is 1. The van der Waals surface area contributed by atoms with E-state index in [2.05, 4.69) is 5.32 Å². The average molecular weight is 206 g/mol. The Balaban J connectivity index is 1.81. The van der Waals surface area contributed by atoms with Gasteiger partial charge in [0.2, 0.25) is 0 Å². The van der Waals surface area contributed by atoms with Crippen LogP contribution in [-0.4, -0.2) is 19.3 Å². The Morgan fingerprint density at radius 3 is 3.07 bits per heavy atom. The highest BCUT2D eigenvalue weighted by Crippen LogP contribution is 2.15. The third-order valence-electron chi connectivity index (χ3n) is 2.69. The first-order chi connectivity index (χ1) is 7.34. The standard InChI is InChI=1S/C12H18N2O/c13-10-4-3-5-11(8-10)14-9-12-6-1-2-7-15-12/h3-5,8,12,14H,1-2,6-7,9,13H2. The van der Waals surface area contributed by atoms with Gasteiger partial charge in [-0.2, -0.15) is 0 Å². The number of nitrogens with one attached hydrogen (secondary N) is 1. The summed E-state index contributed by atoms with van der Waals surface area (Å²) in [5.74, 6) is 0. The molecule has 1 unspecified atom stereocenters. The minimum Gasteiger partial charge on any atom is -0.399 e. The summed E-state index contributed by atoms with van der Waals surface area (Å²) < 4.78 is 5.64. The number of rotatable bonds is 3. The summed E-state index contributed by atoms with van der Waals surface area (Å²) in [7, 11) is 0. The molecule has 1 aromatic rings. The van der Waals surface area contributed by atoms with Crippen molar-refractivity contribution in [1.82, 2.24) is 0 Å². The highest BCUT2D eigenvalue weighted by Gasteiger charge is 2.12. The molecule has 1 aliphatic heterocycles. The predicted octanol–water partition coefficient (Wildman–Crippen LogP) is 2.25. The summed E-state index contributed by atoms with van der Waals surface area (Å²) in [5, 5.41) is 3.35. The molecule has 0 amide bonds. The Morgan fingerprint density at radius 2 is 2.33 bits per heavy atom. The van der Waals surface area contributed by atoms with Gasteiger partial charge in [-0.3, -0.25) is 0 Å². The summed E-state index contributed by atoms with van der Waals surface area (Å²) in [6, 6.07) is 7.82. The van der Waals surface area contributed by atoms with Crippen molar-refractivity contribution in [2.75, 3.05) is 24.2 Å². The number of hydrogen-bond donors (Lipinski definition) is 2. The fourth-order valence-electron chi connectivity index (χ4n) is 1.85. The summed E-state index contributed by atoms with van der Waals surface area (Å²) in [5.41, 5.74) is 7.57. The Hall–Kier alpha value is -1.22. The minimum absolute atomic E-state index is 0.361. The molecule has 3 heteroatoms. The lowest BCUT2D eigenvalue weighted by molar-refractivity contribution is 0.0247. The van der Waals surface area contributed by atoms with Crippen molar-refractivity contribution in [2.24, 2.45) is 0 Å². The topological polar surface area (TPSA) is 47.3 Å². The maximum absolute atomic E-state index is 5.70. The molecule has 0 bridgehead atoms. The van der Waals surface area contributed by atoms with Crippen LogP contribution in [0.25, 0.3) is 0 Å². The molecular weight excluding hydrogens is 188 g/mol. The molecule has 2 rings (SSSR count). The van der Waals surface area contributed by atoms with Crippen molar-refractivity contribution in [3.8, 4) is 0 Å². The van der Waals surface area contributed by atoms with E-state index in [0.717, 1.165) is 30.9 Å². The zero-order chi connectivity index (χ0) is 10.5. The number of anilines is 2. The quantitative estimate of drug-likeness (QED) is 0.746. The van der Waals surface area contributed by atoms with Gasteiger partial charge in [0.15, 0.2) is 0 Å². The van der Waals surface area contributed by atoms with E-state index in [-0.39, 0.29) is 0 Å². The molecular formula is C12H18N2O. The Kier molecular flexibility index (Phi) is 3.45.